The quantitative estimate of drug-likeness (QED) is 0.635. The molecule has 3 rings (SSSR count). The van der Waals surface area contributed by atoms with Gasteiger partial charge in [-0.2, -0.15) is 0 Å². The topological polar surface area (TPSA) is 92.3 Å². The van der Waals surface area contributed by atoms with E-state index in [-0.39, 0.29) is 5.78 Å². The summed E-state index contributed by atoms with van der Waals surface area (Å²) in [6.45, 7) is 5.36. The van der Waals surface area contributed by atoms with Crippen LogP contribution in [0, 0.1) is 0 Å². The molecule has 1 N–H and O–H groups in total. The first-order valence-corrected chi connectivity index (χ1v) is 10.9. The van der Waals surface area contributed by atoms with Gasteiger partial charge in [-0.15, -0.1) is 0 Å². The van der Waals surface area contributed by atoms with E-state index in [1.54, 1.807) is 60.3 Å². The van der Waals surface area contributed by atoms with Gasteiger partial charge >= 0.3 is 6.09 Å². The standard InChI is InChI=1S/C26H31NO7/c1-26(2,3)34-25(29)27-20-12-15(8-11-21(20)30-4)18-13-16(28)9-10-17-19(18)14-22(31-5)24(33-7)23(17)32-6/h8,11-14H,9-10H2,1-7H3,(H,27,29). The molecule has 0 saturated carbocycles. The summed E-state index contributed by atoms with van der Waals surface area (Å²) in [5.74, 6) is 1.92. The number of allylic oxidation sites excluding steroid dienone is 1. The number of hydrogen-bond donors (Lipinski definition) is 1. The van der Waals surface area contributed by atoms with Crippen molar-refractivity contribution in [2.24, 2.45) is 0 Å². The van der Waals surface area contributed by atoms with E-state index in [1.807, 2.05) is 12.1 Å². The van der Waals surface area contributed by atoms with E-state index >= 15 is 0 Å². The molecule has 1 amide bonds. The summed E-state index contributed by atoms with van der Waals surface area (Å²) in [5.41, 5.74) is 2.77. The number of nitrogens with one attached hydrogen (secondary N) is 1. The molecule has 1 aliphatic carbocycles. The van der Waals surface area contributed by atoms with Crippen molar-refractivity contribution in [3.8, 4) is 23.0 Å². The van der Waals surface area contributed by atoms with Crippen molar-refractivity contribution in [2.75, 3.05) is 33.8 Å². The Morgan fingerprint density at radius 1 is 0.882 bits per heavy atom. The molecule has 1 aliphatic rings. The highest BCUT2D eigenvalue weighted by Crippen LogP contribution is 2.46. The van der Waals surface area contributed by atoms with Gasteiger partial charge in [0.2, 0.25) is 5.75 Å². The van der Waals surface area contributed by atoms with Gasteiger partial charge < -0.3 is 23.7 Å². The lowest BCUT2D eigenvalue weighted by Crippen LogP contribution is -2.27. The van der Waals surface area contributed by atoms with Crippen LogP contribution >= 0.6 is 0 Å². The minimum atomic E-state index is -0.656. The molecule has 0 aromatic heterocycles. The highest BCUT2D eigenvalue weighted by molar-refractivity contribution is 6.03. The minimum absolute atomic E-state index is 0.0244. The second-order valence-electron chi connectivity index (χ2n) is 8.74. The van der Waals surface area contributed by atoms with Crippen LogP contribution in [-0.2, 0) is 16.0 Å². The van der Waals surface area contributed by atoms with Gasteiger partial charge in [-0.25, -0.2) is 4.79 Å². The predicted molar refractivity (Wildman–Crippen MR) is 129 cm³/mol. The lowest BCUT2D eigenvalue weighted by molar-refractivity contribution is -0.114. The average molecular weight is 470 g/mol. The molecule has 0 heterocycles. The normalized spacial score (nSPS) is 13.3. The number of amides is 1. The van der Waals surface area contributed by atoms with E-state index in [0.29, 0.717) is 52.7 Å². The molecule has 0 atom stereocenters. The smallest absolute Gasteiger partial charge is 0.412 e. The van der Waals surface area contributed by atoms with Crippen LogP contribution in [0.15, 0.2) is 30.3 Å². The summed E-state index contributed by atoms with van der Waals surface area (Å²) in [7, 11) is 6.17. The third kappa shape index (κ3) is 5.27. The minimum Gasteiger partial charge on any atom is -0.495 e. The van der Waals surface area contributed by atoms with E-state index in [2.05, 4.69) is 5.32 Å². The zero-order valence-corrected chi connectivity index (χ0v) is 20.7. The van der Waals surface area contributed by atoms with Crippen LogP contribution in [-0.4, -0.2) is 45.9 Å². The highest BCUT2D eigenvalue weighted by Gasteiger charge is 2.26. The van der Waals surface area contributed by atoms with Gasteiger partial charge in [0.05, 0.1) is 34.1 Å². The Hall–Kier alpha value is -3.68. The fourth-order valence-corrected chi connectivity index (χ4v) is 3.89. The number of anilines is 1. The van der Waals surface area contributed by atoms with Gasteiger partial charge in [-0.1, -0.05) is 6.07 Å². The van der Waals surface area contributed by atoms with Gasteiger partial charge in [-0.3, -0.25) is 10.1 Å². The summed E-state index contributed by atoms with van der Waals surface area (Å²) in [4.78, 5) is 25.1. The van der Waals surface area contributed by atoms with Crippen LogP contribution in [0.4, 0.5) is 10.5 Å². The molecule has 0 radical (unpaired) electrons. The number of benzene rings is 2. The van der Waals surface area contributed by atoms with Crippen LogP contribution in [0.3, 0.4) is 0 Å². The molecular formula is C26H31NO7. The predicted octanol–water partition coefficient (Wildman–Crippen LogP) is 5.02. The summed E-state index contributed by atoms with van der Waals surface area (Å²) < 4.78 is 27.6. The Morgan fingerprint density at radius 2 is 1.56 bits per heavy atom. The first kappa shape index (κ1) is 25.0. The highest BCUT2D eigenvalue weighted by atomic mass is 16.6. The second-order valence-corrected chi connectivity index (χ2v) is 8.74. The SMILES string of the molecule is COc1ccc(C2=CC(=O)CCc3c2cc(OC)c(OC)c3OC)cc1NC(=O)OC(C)(C)C. The first-order valence-electron chi connectivity index (χ1n) is 10.9. The molecule has 0 saturated heterocycles. The zero-order valence-electron chi connectivity index (χ0n) is 20.7. The molecule has 34 heavy (non-hydrogen) atoms. The monoisotopic (exact) mass is 469 g/mol. The molecule has 0 bridgehead atoms. The van der Waals surface area contributed by atoms with Gasteiger partial charge in [-0.05, 0) is 68.2 Å². The molecule has 0 aliphatic heterocycles. The largest absolute Gasteiger partial charge is 0.495 e. The molecular weight excluding hydrogens is 438 g/mol. The molecule has 2 aromatic rings. The summed E-state index contributed by atoms with van der Waals surface area (Å²) in [6.07, 6.45) is 1.80. The van der Waals surface area contributed by atoms with Crippen LogP contribution in [0.2, 0.25) is 0 Å². The summed E-state index contributed by atoms with van der Waals surface area (Å²) in [5, 5.41) is 2.74. The zero-order chi connectivity index (χ0) is 25.0. The first-order chi connectivity index (χ1) is 16.1. The van der Waals surface area contributed by atoms with Crippen molar-refractivity contribution in [3.05, 3.63) is 47.0 Å². The average Bonchev–Trinajstić information content (AvgIpc) is 2.95. The van der Waals surface area contributed by atoms with Gasteiger partial charge in [0.25, 0.3) is 0 Å². The second kappa shape index (κ2) is 10.1. The van der Waals surface area contributed by atoms with Crippen molar-refractivity contribution in [1.29, 1.82) is 0 Å². The maximum Gasteiger partial charge on any atom is 0.412 e. The Balaban J connectivity index is 2.16. The fourth-order valence-electron chi connectivity index (χ4n) is 3.89. The summed E-state index contributed by atoms with van der Waals surface area (Å²) >= 11 is 0. The number of carbonyl (C=O) groups is 2. The van der Waals surface area contributed by atoms with Crippen LogP contribution in [0.25, 0.3) is 5.57 Å². The third-order valence-corrected chi connectivity index (χ3v) is 5.30. The Labute approximate surface area is 199 Å². The van der Waals surface area contributed by atoms with Crippen molar-refractivity contribution in [2.45, 2.75) is 39.2 Å². The molecule has 0 fully saturated rings. The number of fused-ring (bicyclic) bond motifs is 1. The molecule has 8 heteroatoms. The van der Waals surface area contributed by atoms with E-state index in [9.17, 15) is 9.59 Å². The van der Waals surface area contributed by atoms with E-state index < -0.39 is 11.7 Å². The third-order valence-electron chi connectivity index (χ3n) is 5.30. The van der Waals surface area contributed by atoms with E-state index in [0.717, 1.165) is 11.1 Å². The number of methoxy groups -OCH3 is 4. The fraction of sp³-hybridized carbons (Fsp3) is 0.385. The Morgan fingerprint density at radius 3 is 2.15 bits per heavy atom. The number of hydrogen-bond acceptors (Lipinski definition) is 7. The van der Waals surface area contributed by atoms with E-state index in [1.165, 1.54) is 7.11 Å². The van der Waals surface area contributed by atoms with Crippen molar-refractivity contribution in [3.63, 3.8) is 0 Å². The van der Waals surface area contributed by atoms with Gasteiger partial charge in [0.15, 0.2) is 17.3 Å². The number of rotatable bonds is 6. The molecule has 8 nitrogen and oxygen atoms in total. The lowest BCUT2D eigenvalue weighted by atomic mass is 9.92. The maximum atomic E-state index is 12.7. The van der Waals surface area contributed by atoms with Gasteiger partial charge in [0.1, 0.15) is 11.4 Å². The number of ether oxygens (including phenoxy) is 5. The van der Waals surface area contributed by atoms with Crippen LogP contribution in [0.1, 0.15) is 43.9 Å². The lowest BCUT2D eigenvalue weighted by Gasteiger charge is -2.21. The maximum absolute atomic E-state index is 12.7. The van der Waals surface area contributed by atoms with Crippen LogP contribution in [0.5, 0.6) is 23.0 Å². The van der Waals surface area contributed by atoms with Crippen LogP contribution < -0.4 is 24.3 Å². The van der Waals surface area contributed by atoms with Gasteiger partial charge in [0, 0.05) is 12.0 Å². The Kier molecular flexibility index (Phi) is 7.39. The molecule has 0 spiro atoms. The van der Waals surface area contributed by atoms with Crippen molar-refractivity contribution >= 4 is 23.1 Å². The van der Waals surface area contributed by atoms with Crippen molar-refractivity contribution < 1.29 is 33.3 Å². The molecule has 0 unspecified atom stereocenters. The van der Waals surface area contributed by atoms with E-state index in [4.69, 9.17) is 23.7 Å². The summed E-state index contributed by atoms with van der Waals surface area (Å²) in [6, 6.07) is 7.15. The molecule has 2 aromatic carbocycles. The number of carbonyl (C=O) groups excluding carboxylic acids is 2. The molecule has 182 valence electrons. The number of ketones is 1. The Bertz CT molecular complexity index is 1130. The van der Waals surface area contributed by atoms with Crippen molar-refractivity contribution in [1.82, 2.24) is 0 Å².